The molecule has 168 valence electrons. The molecule has 6 rings (SSSR count). The van der Waals surface area contributed by atoms with E-state index >= 15 is 0 Å². The highest BCUT2D eigenvalue weighted by Crippen LogP contribution is 2.36. The fourth-order valence-corrected chi connectivity index (χ4v) is 4.87. The zero-order valence-corrected chi connectivity index (χ0v) is 19.1. The Morgan fingerprint density at radius 1 is 1.09 bits per heavy atom. The van der Waals surface area contributed by atoms with E-state index in [1.165, 1.54) is 6.07 Å². The Balaban J connectivity index is 1.74. The number of hydrogen-bond acceptors (Lipinski definition) is 3. The second kappa shape index (κ2) is 7.89. The van der Waals surface area contributed by atoms with Crippen LogP contribution in [-0.2, 0) is 13.6 Å². The Kier molecular flexibility index (Phi) is 4.09. The number of pyridine rings is 1. The van der Waals surface area contributed by atoms with E-state index in [0.717, 1.165) is 32.5 Å². The number of ether oxygens (including phenoxy) is 1. The number of benzene rings is 3. The molecule has 6 heteroatoms. The summed E-state index contributed by atoms with van der Waals surface area (Å²) in [7, 11) is 0. The molecule has 2 aromatic heterocycles. The van der Waals surface area contributed by atoms with Crippen molar-refractivity contribution in [2.24, 2.45) is 6.98 Å². The van der Waals surface area contributed by atoms with Crippen molar-refractivity contribution in [1.29, 1.82) is 0 Å². The van der Waals surface area contributed by atoms with Crippen LogP contribution in [0.25, 0.3) is 22.0 Å². The molecule has 5 aromatic rings. The highest BCUT2D eigenvalue weighted by molar-refractivity contribution is 6.31. The third kappa shape index (κ3) is 3.32. The van der Waals surface area contributed by atoms with E-state index in [9.17, 15) is 4.79 Å². The standard InChI is InChI=1S/C28H22ClN3O2/c1-17-14-30-16-32(17)28-19-6-8-25(29)21(10-19)15-34-22-5-3-4-18(11-22)23-13-27(33)31(2)26-9-7-20(28)12-24(23)26/h3-14,16,28H,15H2,1-2H3/i2D3. The van der Waals surface area contributed by atoms with E-state index in [4.69, 9.17) is 20.5 Å². The van der Waals surface area contributed by atoms with Crippen LogP contribution >= 0.6 is 11.6 Å². The largest absolute Gasteiger partial charge is 0.489 e. The molecule has 0 saturated heterocycles. The first-order chi connectivity index (χ1) is 17.7. The molecule has 6 bridgehead atoms. The van der Waals surface area contributed by atoms with Gasteiger partial charge < -0.3 is 13.9 Å². The monoisotopic (exact) mass is 470 g/mol. The molecule has 0 N–H and O–H groups in total. The summed E-state index contributed by atoms with van der Waals surface area (Å²) in [6.45, 7) is -0.383. The Morgan fingerprint density at radius 2 is 1.94 bits per heavy atom. The Labute approximate surface area is 206 Å². The minimum absolute atomic E-state index is 0.263. The van der Waals surface area contributed by atoms with Crippen LogP contribution in [0.4, 0.5) is 0 Å². The average Bonchev–Trinajstić information content (AvgIpc) is 3.28. The molecule has 3 aromatic carbocycles. The highest BCUT2D eigenvalue weighted by Gasteiger charge is 2.21. The molecular formula is C28H22ClN3O2. The lowest BCUT2D eigenvalue weighted by Gasteiger charge is -2.23. The van der Waals surface area contributed by atoms with Gasteiger partial charge in [-0.25, -0.2) is 4.98 Å². The lowest BCUT2D eigenvalue weighted by molar-refractivity contribution is 0.306. The summed E-state index contributed by atoms with van der Waals surface area (Å²) in [6, 6.07) is 20.0. The van der Waals surface area contributed by atoms with E-state index in [2.05, 4.69) is 9.55 Å². The topological polar surface area (TPSA) is 49.0 Å². The molecule has 0 radical (unpaired) electrons. The molecule has 34 heavy (non-hydrogen) atoms. The number of rotatable bonds is 1. The zero-order chi connectivity index (χ0) is 25.9. The number of fused-ring (bicyclic) bond motifs is 6. The number of imidazole rings is 1. The molecule has 1 atom stereocenters. The fraction of sp³-hybridized carbons (Fsp3) is 0.143. The van der Waals surface area contributed by atoms with E-state index in [1.54, 1.807) is 18.6 Å². The van der Waals surface area contributed by atoms with Crippen LogP contribution in [0.3, 0.4) is 0 Å². The predicted octanol–water partition coefficient (Wildman–Crippen LogP) is 5.89. The van der Waals surface area contributed by atoms with Gasteiger partial charge in [-0.15, -0.1) is 0 Å². The lowest BCUT2D eigenvalue weighted by atomic mass is 9.93. The van der Waals surface area contributed by atoms with Gasteiger partial charge in [0.2, 0.25) is 0 Å². The van der Waals surface area contributed by atoms with E-state index < -0.39 is 12.5 Å². The molecule has 3 heterocycles. The van der Waals surface area contributed by atoms with Gasteiger partial charge in [0.25, 0.3) is 5.56 Å². The fourth-order valence-electron chi connectivity index (χ4n) is 4.70. The second-order valence-electron chi connectivity index (χ2n) is 8.52. The maximum atomic E-state index is 13.1. The van der Waals surface area contributed by atoms with Gasteiger partial charge >= 0.3 is 0 Å². The molecule has 1 aliphatic rings. The molecular weight excluding hydrogens is 446 g/mol. The number of aromatic nitrogens is 3. The van der Waals surface area contributed by atoms with Crippen molar-refractivity contribution >= 4 is 22.5 Å². The molecule has 1 aliphatic heterocycles. The van der Waals surface area contributed by atoms with Crippen LogP contribution in [0.1, 0.15) is 32.5 Å². The van der Waals surface area contributed by atoms with E-state index in [1.807, 2.05) is 61.5 Å². The normalized spacial score (nSPS) is 16.5. The van der Waals surface area contributed by atoms with Gasteiger partial charge in [-0.2, -0.15) is 0 Å². The minimum atomic E-state index is -2.63. The van der Waals surface area contributed by atoms with Crippen LogP contribution in [0.5, 0.6) is 5.75 Å². The Hall–Kier alpha value is -3.83. The van der Waals surface area contributed by atoms with E-state index in [-0.39, 0.29) is 12.6 Å². The van der Waals surface area contributed by atoms with Crippen LogP contribution in [-0.4, -0.2) is 14.1 Å². The third-order valence-electron chi connectivity index (χ3n) is 6.42. The Bertz CT molecular complexity index is 1740. The third-order valence-corrected chi connectivity index (χ3v) is 6.79. The quantitative estimate of drug-likeness (QED) is 0.307. The smallest absolute Gasteiger partial charge is 0.251 e. The van der Waals surface area contributed by atoms with E-state index in [0.29, 0.717) is 27.2 Å². The molecule has 5 nitrogen and oxygen atoms in total. The van der Waals surface area contributed by atoms with Crippen molar-refractivity contribution in [2.45, 2.75) is 19.6 Å². The molecule has 0 spiro atoms. The lowest BCUT2D eigenvalue weighted by Crippen LogP contribution is -2.17. The van der Waals surface area contributed by atoms with Crippen LogP contribution in [0.15, 0.2) is 84.0 Å². The van der Waals surface area contributed by atoms with Gasteiger partial charge in [-0.05, 0) is 65.6 Å². The first-order valence-electron chi connectivity index (χ1n) is 12.4. The summed E-state index contributed by atoms with van der Waals surface area (Å²) in [4.78, 5) is 17.5. The minimum Gasteiger partial charge on any atom is -0.489 e. The number of halogens is 1. The van der Waals surface area contributed by atoms with Crippen molar-refractivity contribution in [3.8, 4) is 16.9 Å². The van der Waals surface area contributed by atoms with Gasteiger partial charge in [-0.1, -0.05) is 35.9 Å². The Morgan fingerprint density at radius 3 is 2.76 bits per heavy atom. The summed E-state index contributed by atoms with van der Waals surface area (Å²) in [5.41, 5.74) is 4.82. The predicted molar refractivity (Wildman–Crippen MR) is 135 cm³/mol. The van der Waals surface area contributed by atoms with Gasteiger partial charge in [0, 0.05) is 45.0 Å². The first-order valence-corrected chi connectivity index (χ1v) is 11.3. The summed E-state index contributed by atoms with van der Waals surface area (Å²) in [6.07, 6.45) is 3.57. The summed E-state index contributed by atoms with van der Waals surface area (Å²) < 4.78 is 33.1. The SMILES string of the molecule is [2H]C([2H])([2H])n1c(=O)cc2c3cc(ccc31)C(n1cncc1C)c1ccc(Cl)c(c1)COc1cccc-2c1. The zero-order valence-electron chi connectivity index (χ0n) is 21.3. The molecule has 1 unspecified atom stereocenters. The van der Waals surface area contributed by atoms with Gasteiger partial charge in [-0.3, -0.25) is 4.79 Å². The summed E-state index contributed by atoms with van der Waals surface area (Å²) in [5.74, 6) is 0.615. The molecule has 0 amide bonds. The molecule has 0 saturated carbocycles. The average molecular weight is 471 g/mol. The number of nitrogens with zero attached hydrogens (tertiary/aromatic N) is 3. The number of aryl methyl sites for hydroxylation is 2. The maximum Gasteiger partial charge on any atom is 0.251 e. The molecule has 0 fully saturated rings. The van der Waals surface area contributed by atoms with Crippen molar-refractivity contribution < 1.29 is 8.85 Å². The van der Waals surface area contributed by atoms with Gasteiger partial charge in [0.15, 0.2) is 0 Å². The van der Waals surface area contributed by atoms with Crippen LogP contribution in [0.2, 0.25) is 5.02 Å². The van der Waals surface area contributed by atoms with Crippen molar-refractivity contribution in [3.05, 3.63) is 117 Å². The second-order valence-corrected chi connectivity index (χ2v) is 8.93. The highest BCUT2D eigenvalue weighted by atomic mass is 35.5. The van der Waals surface area contributed by atoms with Crippen molar-refractivity contribution in [2.75, 3.05) is 0 Å². The summed E-state index contributed by atoms with van der Waals surface area (Å²) >= 11 is 6.56. The van der Waals surface area contributed by atoms with Crippen LogP contribution < -0.4 is 10.3 Å². The van der Waals surface area contributed by atoms with Crippen molar-refractivity contribution in [3.63, 3.8) is 0 Å². The number of hydrogen-bond donors (Lipinski definition) is 0. The van der Waals surface area contributed by atoms with Crippen LogP contribution in [0, 0.1) is 6.92 Å². The first kappa shape index (κ1) is 17.6. The maximum absolute atomic E-state index is 13.1. The molecule has 0 aliphatic carbocycles. The van der Waals surface area contributed by atoms with Gasteiger partial charge in [0.05, 0.1) is 17.9 Å². The summed E-state index contributed by atoms with van der Waals surface area (Å²) in [5, 5.41) is 1.26. The van der Waals surface area contributed by atoms with Crippen molar-refractivity contribution in [1.82, 2.24) is 14.1 Å². The van der Waals surface area contributed by atoms with Gasteiger partial charge in [0.1, 0.15) is 12.4 Å².